The zero-order valence-corrected chi connectivity index (χ0v) is 8.35. The molecule has 0 amide bonds. The minimum absolute atomic E-state index is 0.126. The summed E-state index contributed by atoms with van der Waals surface area (Å²) in [4.78, 5) is 0. The highest BCUT2D eigenvalue weighted by Crippen LogP contribution is 2.18. The number of hydrogen-bond acceptors (Lipinski definition) is 3. The molecule has 0 aromatic heterocycles. The number of sulfonamides is 1. The molecule has 0 aromatic rings. The molecule has 0 N–H and O–H groups in total. The summed E-state index contributed by atoms with van der Waals surface area (Å²) in [6, 6.07) is 1.37. The summed E-state index contributed by atoms with van der Waals surface area (Å²) in [5.74, 6) is 0. The molecular weight excluding hydrogens is 221 g/mol. The molecule has 0 aromatic carbocycles. The second-order valence-corrected chi connectivity index (χ2v) is 5.05. The molecular formula is C6H9F3N2O2S. The maximum atomic E-state index is 11.8. The van der Waals surface area contributed by atoms with E-state index in [-0.39, 0.29) is 4.31 Å². The lowest BCUT2D eigenvalue weighted by atomic mass is 10.5. The van der Waals surface area contributed by atoms with E-state index >= 15 is 0 Å². The van der Waals surface area contributed by atoms with Crippen molar-refractivity contribution in [1.82, 2.24) is 4.31 Å². The molecule has 0 aliphatic carbocycles. The average Bonchev–Trinajstić information content (AvgIpc) is 1.99. The van der Waals surface area contributed by atoms with Gasteiger partial charge in [0.05, 0.1) is 6.07 Å². The fourth-order valence-electron chi connectivity index (χ4n) is 0.679. The number of halogens is 3. The number of hydrogen-bond donors (Lipinski definition) is 0. The SMILES string of the molecule is CC(C#N)S(=O)(=O)N(C)CC(F)(F)F. The van der Waals surface area contributed by atoms with Crippen LogP contribution in [0.25, 0.3) is 0 Å². The fourth-order valence-corrected chi connectivity index (χ4v) is 1.68. The molecule has 8 heteroatoms. The Hall–Kier alpha value is -0.810. The molecule has 0 spiro atoms. The molecule has 0 radical (unpaired) electrons. The Balaban J connectivity index is 4.72. The van der Waals surface area contributed by atoms with Crippen molar-refractivity contribution in [3.05, 3.63) is 0 Å². The third-order valence-electron chi connectivity index (χ3n) is 1.46. The number of nitriles is 1. The minimum Gasteiger partial charge on any atom is -0.211 e. The molecule has 0 aliphatic rings. The lowest BCUT2D eigenvalue weighted by molar-refractivity contribution is -0.134. The Labute approximate surface area is 80.0 Å². The smallest absolute Gasteiger partial charge is 0.211 e. The topological polar surface area (TPSA) is 61.2 Å². The molecule has 1 atom stereocenters. The maximum absolute atomic E-state index is 11.8. The van der Waals surface area contributed by atoms with Crippen molar-refractivity contribution < 1.29 is 21.6 Å². The largest absolute Gasteiger partial charge is 0.402 e. The van der Waals surface area contributed by atoms with Crippen LogP contribution >= 0.6 is 0 Å². The van der Waals surface area contributed by atoms with Crippen LogP contribution in [0.3, 0.4) is 0 Å². The van der Waals surface area contributed by atoms with Crippen LogP contribution in [0.2, 0.25) is 0 Å². The average molecular weight is 230 g/mol. The Morgan fingerprint density at radius 1 is 1.50 bits per heavy atom. The number of alkyl halides is 3. The van der Waals surface area contributed by atoms with Crippen molar-refractivity contribution >= 4 is 10.0 Å². The lowest BCUT2D eigenvalue weighted by Gasteiger charge is -2.19. The van der Waals surface area contributed by atoms with Gasteiger partial charge >= 0.3 is 6.18 Å². The highest BCUT2D eigenvalue weighted by atomic mass is 32.2. The van der Waals surface area contributed by atoms with E-state index in [0.717, 1.165) is 14.0 Å². The highest BCUT2D eigenvalue weighted by molar-refractivity contribution is 7.89. The lowest BCUT2D eigenvalue weighted by Crippen LogP contribution is -2.39. The quantitative estimate of drug-likeness (QED) is 0.717. The van der Waals surface area contributed by atoms with Crippen LogP contribution in [-0.2, 0) is 10.0 Å². The molecule has 0 heterocycles. The molecule has 4 nitrogen and oxygen atoms in total. The Morgan fingerprint density at radius 2 is 1.93 bits per heavy atom. The molecule has 1 unspecified atom stereocenters. The Morgan fingerprint density at radius 3 is 2.21 bits per heavy atom. The number of rotatable bonds is 3. The summed E-state index contributed by atoms with van der Waals surface area (Å²) in [6.07, 6.45) is -4.60. The van der Waals surface area contributed by atoms with Crippen LogP contribution < -0.4 is 0 Å². The summed E-state index contributed by atoms with van der Waals surface area (Å²) in [5.41, 5.74) is 0. The van der Waals surface area contributed by atoms with Crippen molar-refractivity contribution in [2.45, 2.75) is 18.3 Å². The third-order valence-corrected chi connectivity index (χ3v) is 3.46. The first kappa shape index (κ1) is 13.2. The minimum atomic E-state index is -4.60. The molecule has 0 bridgehead atoms. The zero-order valence-electron chi connectivity index (χ0n) is 7.54. The van der Waals surface area contributed by atoms with E-state index in [9.17, 15) is 21.6 Å². The molecule has 14 heavy (non-hydrogen) atoms. The van der Waals surface area contributed by atoms with Gasteiger partial charge in [-0.3, -0.25) is 0 Å². The molecule has 0 aliphatic heterocycles. The van der Waals surface area contributed by atoms with Gasteiger partial charge in [0.15, 0.2) is 5.25 Å². The van der Waals surface area contributed by atoms with Crippen molar-refractivity contribution in [3.8, 4) is 6.07 Å². The van der Waals surface area contributed by atoms with E-state index in [2.05, 4.69) is 0 Å². The van der Waals surface area contributed by atoms with Crippen LogP contribution in [0.5, 0.6) is 0 Å². The van der Waals surface area contributed by atoms with Gasteiger partial charge in [-0.2, -0.15) is 22.7 Å². The molecule has 0 saturated heterocycles. The Bertz CT molecular complexity index is 330. The molecule has 0 rings (SSSR count). The van der Waals surface area contributed by atoms with Crippen molar-refractivity contribution in [1.29, 1.82) is 5.26 Å². The van der Waals surface area contributed by atoms with E-state index in [1.165, 1.54) is 6.07 Å². The summed E-state index contributed by atoms with van der Waals surface area (Å²) in [6.45, 7) is -0.552. The van der Waals surface area contributed by atoms with E-state index in [1.54, 1.807) is 0 Å². The van der Waals surface area contributed by atoms with Crippen LogP contribution in [0, 0.1) is 11.3 Å². The zero-order chi connectivity index (χ0) is 11.6. The van der Waals surface area contributed by atoms with Crippen molar-refractivity contribution in [3.63, 3.8) is 0 Å². The Kier molecular flexibility index (Phi) is 3.91. The van der Waals surface area contributed by atoms with E-state index in [0.29, 0.717) is 0 Å². The first-order valence-electron chi connectivity index (χ1n) is 3.53. The van der Waals surface area contributed by atoms with Gasteiger partial charge in [-0.15, -0.1) is 0 Å². The van der Waals surface area contributed by atoms with Gasteiger partial charge in [-0.25, -0.2) is 8.42 Å². The van der Waals surface area contributed by atoms with Gasteiger partial charge in [0.1, 0.15) is 6.54 Å². The second-order valence-electron chi connectivity index (χ2n) is 2.69. The van der Waals surface area contributed by atoms with Gasteiger partial charge in [0.2, 0.25) is 10.0 Å². The van der Waals surface area contributed by atoms with Crippen LogP contribution in [0.4, 0.5) is 13.2 Å². The van der Waals surface area contributed by atoms with E-state index in [1.807, 2.05) is 0 Å². The summed E-state index contributed by atoms with van der Waals surface area (Å²) in [5, 5.41) is 6.80. The van der Waals surface area contributed by atoms with Crippen LogP contribution in [-0.4, -0.2) is 37.7 Å². The summed E-state index contributed by atoms with van der Waals surface area (Å²) < 4.78 is 57.9. The predicted molar refractivity (Wildman–Crippen MR) is 42.7 cm³/mol. The maximum Gasteiger partial charge on any atom is 0.402 e. The van der Waals surface area contributed by atoms with E-state index in [4.69, 9.17) is 5.26 Å². The van der Waals surface area contributed by atoms with Crippen LogP contribution in [0.15, 0.2) is 0 Å². The van der Waals surface area contributed by atoms with Gasteiger partial charge in [0.25, 0.3) is 0 Å². The summed E-state index contributed by atoms with van der Waals surface area (Å²) in [7, 11) is -3.38. The van der Waals surface area contributed by atoms with Gasteiger partial charge in [-0.1, -0.05) is 0 Å². The van der Waals surface area contributed by atoms with Crippen LogP contribution in [0.1, 0.15) is 6.92 Å². The molecule has 0 saturated carbocycles. The van der Waals surface area contributed by atoms with Gasteiger partial charge < -0.3 is 0 Å². The molecule has 0 fully saturated rings. The standard InChI is InChI=1S/C6H9F3N2O2S/c1-5(3-10)14(12,13)11(2)4-6(7,8)9/h5H,4H2,1-2H3. The molecule has 82 valence electrons. The monoisotopic (exact) mass is 230 g/mol. The van der Waals surface area contributed by atoms with Crippen molar-refractivity contribution in [2.75, 3.05) is 13.6 Å². The fraction of sp³-hybridized carbons (Fsp3) is 0.833. The normalized spacial score (nSPS) is 15.2. The van der Waals surface area contributed by atoms with Gasteiger partial charge in [-0.05, 0) is 6.92 Å². The predicted octanol–water partition coefficient (Wildman–Crippen LogP) is 0.722. The highest BCUT2D eigenvalue weighted by Gasteiger charge is 2.36. The second kappa shape index (κ2) is 4.14. The van der Waals surface area contributed by atoms with E-state index < -0.39 is 28.0 Å². The number of nitrogens with zero attached hydrogens (tertiary/aromatic N) is 2. The summed E-state index contributed by atoms with van der Waals surface area (Å²) >= 11 is 0. The van der Waals surface area contributed by atoms with Gasteiger partial charge in [0, 0.05) is 7.05 Å². The van der Waals surface area contributed by atoms with Crippen molar-refractivity contribution in [2.24, 2.45) is 0 Å². The third kappa shape index (κ3) is 3.51. The first-order chi connectivity index (χ1) is 6.11. The first-order valence-corrected chi connectivity index (χ1v) is 5.03.